The Bertz CT molecular complexity index is 297. The van der Waals surface area contributed by atoms with E-state index in [-0.39, 0.29) is 29.8 Å². The Morgan fingerprint density at radius 1 is 1.73 bits per heavy atom. The van der Waals surface area contributed by atoms with E-state index in [0.29, 0.717) is 0 Å². The number of allylic oxidation sites excluding steroid dienone is 1. The van der Waals surface area contributed by atoms with Crippen molar-refractivity contribution in [2.24, 2.45) is 17.3 Å². The predicted molar refractivity (Wildman–Crippen MR) is 56.1 cm³/mol. The second-order valence-corrected chi connectivity index (χ2v) is 4.87. The van der Waals surface area contributed by atoms with Gasteiger partial charge in [-0.15, -0.1) is 0 Å². The number of carbonyl (C=O) groups is 1. The van der Waals surface area contributed by atoms with Gasteiger partial charge in [-0.2, -0.15) is 0 Å². The molecule has 0 radical (unpaired) electrons. The largest absolute Gasteiger partial charge is 0.469 e. The summed E-state index contributed by atoms with van der Waals surface area (Å²) < 4.78 is 4.92. The number of fused-ring (bicyclic) bond motifs is 1. The van der Waals surface area contributed by atoms with Crippen LogP contribution in [-0.2, 0) is 9.53 Å². The molecule has 0 saturated heterocycles. The highest BCUT2D eigenvalue weighted by Gasteiger charge is 2.57. The van der Waals surface area contributed by atoms with Crippen molar-refractivity contribution in [3.05, 3.63) is 12.2 Å². The van der Waals surface area contributed by atoms with Crippen molar-refractivity contribution in [1.82, 2.24) is 0 Å². The predicted octanol–water partition coefficient (Wildman–Crippen LogP) is 1.51. The van der Waals surface area contributed by atoms with Gasteiger partial charge < -0.3 is 9.84 Å². The zero-order valence-corrected chi connectivity index (χ0v) is 9.16. The highest BCUT2D eigenvalue weighted by Crippen LogP contribution is 2.58. The second-order valence-electron chi connectivity index (χ2n) is 4.87. The molecule has 0 aliphatic heterocycles. The van der Waals surface area contributed by atoms with Crippen molar-refractivity contribution < 1.29 is 14.6 Å². The molecule has 1 unspecified atom stereocenters. The van der Waals surface area contributed by atoms with Gasteiger partial charge in [-0.1, -0.05) is 12.2 Å². The fraction of sp³-hybridized carbons (Fsp3) is 0.750. The quantitative estimate of drug-likeness (QED) is 0.555. The van der Waals surface area contributed by atoms with Gasteiger partial charge in [0.15, 0.2) is 0 Å². The van der Waals surface area contributed by atoms with E-state index in [0.717, 1.165) is 31.3 Å². The van der Waals surface area contributed by atoms with Crippen LogP contribution in [0.1, 0.15) is 25.7 Å². The van der Waals surface area contributed by atoms with Gasteiger partial charge in [0, 0.05) is 6.61 Å². The molecule has 2 saturated carbocycles. The minimum Gasteiger partial charge on any atom is -0.469 e. The number of aliphatic hydroxyl groups is 1. The molecule has 2 aliphatic carbocycles. The third kappa shape index (κ3) is 1.41. The minimum absolute atomic E-state index is 0.109. The Labute approximate surface area is 90.1 Å². The highest BCUT2D eigenvalue weighted by atomic mass is 16.5. The van der Waals surface area contributed by atoms with Gasteiger partial charge in [-0.25, -0.2) is 0 Å². The Morgan fingerprint density at radius 3 is 3.07 bits per heavy atom. The van der Waals surface area contributed by atoms with Gasteiger partial charge in [0.05, 0.1) is 12.5 Å². The topological polar surface area (TPSA) is 46.5 Å². The zero-order valence-electron chi connectivity index (χ0n) is 9.16. The Hall–Kier alpha value is -0.830. The summed E-state index contributed by atoms with van der Waals surface area (Å²) in [6.07, 6.45) is 3.40. The van der Waals surface area contributed by atoms with Crippen LogP contribution in [0.25, 0.3) is 0 Å². The lowest BCUT2D eigenvalue weighted by Crippen LogP contribution is -2.34. The van der Waals surface area contributed by atoms with Crippen molar-refractivity contribution in [3.8, 4) is 0 Å². The van der Waals surface area contributed by atoms with Crippen molar-refractivity contribution in [2.75, 3.05) is 13.7 Å². The Balaban J connectivity index is 2.29. The van der Waals surface area contributed by atoms with Gasteiger partial charge in [0.1, 0.15) is 0 Å². The van der Waals surface area contributed by atoms with Crippen LogP contribution >= 0.6 is 0 Å². The maximum Gasteiger partial charge on any atom is 0.312 e. The molecule has 3 nitrogen and oxygen atoms in total. The highest BCUT2D eigenvalue weighted by molar-refractivity contribution is 5.79. The number of rotatable bonds is 2. The van der Waals surface area contributed by atoms with E-state index in [9.17, 15) is 9.90 Å². The van der Waals surface area contributed by atoms with Crippen LogP contribution < -0.4 is 0 Å². The first-order valence-corrected chi connectivity index (χ1v) is 5.50. The molecule has 3 heteroatoms. The maximum atomic E-state index is 11.9. The molecule has 0 heterocycles. The normalized spacial score (nSPS) is 39.2. The van der Waals surface area contributed by atoms with Crippen LogP contribution in [-0.4, -0.2) is 24.8 Å². The standard InChI is InChI=1S/C12H18O3/c1-8-5-10-9(7-13)3-4-12(10,6-8)11(14)15-2/h9-10,13H,1,3-7H2,2H3/t9-,10?,12+/m0/s1. The fourth-order valence-corrected chi connectivity index (χ4v) is 3.44. The number of esters is 1. The van der Waals surface area contributed by atoms with E-state index in [1.54, 1.807) is 0 Å². The molecular formula is C12H18O3. The van der Waals surface area contributed by atoms with Crippen LogP contribution in [0.3, 0.4) is 0 Å². The lowest BCUT2D eigenvalue weighted by Gasteiger charge is -2.27. The van der Waals surface area contributed by atoms with Crippen LogP contribution in [0, 0.1) is 17.3 Å². The van der Waals surface area contributed by atoms with E-state index in [2.05, 4.69) is 6.58 Å². The van der Waals surface area contributed by atoms with E-state index >= 15 is 0 Å². The van der Waals surface area contributed by atoms with Crippen molar-refractivity contribution >= 4 is 5.97 Å². The van der Waals surface area contributed by atoms with Crippen molar-refractivity contribution in [3.63, 3.8) is 0 Å². The summed E-state index contributed by atoms with van der Waals surface area (Å²) in [6, 6.07) is 0. The van der Waals surface area contributed by atoms with E-state index < -0.39 is 0 Å². The van der Waals surface area contributed by atoms with Crippen LogP contribution in [0.5, 0.6) is 0 Å². The fourth-order valence-electron chi connectivity index (χ4n) is 3.44. The average Bonchev–Trinajstić information content (AvgIpc) is 2.71. The molecule has 84 valence electrons. The van der Waals surface area contributed by atoms with Crippen LogP contribution in [0.4, 0.5) is 0 Å². The zero-order chi connectivity index (χ0) is 11.1. The molecule has 0 aromatic carbocycles. The first-order valence-electron chi connectivity index (χ1n) is 5.50. The summed E-state index contributed by atoms with van der Waals surface area (Å²) in [5.41, 5.74) is 0.766. The van der Waals surface area contributed by atoms with Crippen LogP contribution in [0.2, 0.25) is 0 Å². The number of hydrogen-bond donors (Lipinski definition) is 1. The van der Waals surface area contributed by atoms with Gasteiger partial charge in [0.25, 0.3) is 0 Å². The monoisotopic (exact) mass is 210 g/mol. The minimum atomic E-state index is -0.362. The first kappa shape index (κ1) is 10.7. The summed E-state index contributed by atoms with van der Waals surface area (Å²) in [6.45, 7) is 4.15. The third-order valence-corrected chi connectivity index (χ3v) is 4.14. The Morgan fingerprint density at radius 2 is 2.47 bits per heavy atom. The molecule has 15 heavy (non-hydrogen) atoms. The van der Waals surface area contributed by atoms with E-state index in [4.69, 9.17) is 4.74 Å². The van der Waals surface area contributed by atoms with Gasteiger partial charge in [-0.05, 0) is 37.5 Å². The average molecular weight is 210 g/mol. The number of ether oxygens (including phenoxy) is 1. The summed E-state index contributed by atoms with van der Waals surface area (Å²) in [5.74, 6) is 0.396. The first-order chi connectivity index (χ1) is 7.14. The molecule has 3 atom stereocenters. The van der Waals surface area contributed by atoms with E-state index in [1.165, 1.54) is 7.11 Å². The summed E-state index contributed by atoms with van der Waals surface area (Å²) >= 11 is 0. The molecule has 0 aromatic heterocycles. The summed E-state index contributed by atoms with van der Waals surface area (Å²) in [7, 11) is 1.45. The summed E-state index contributed by atoms with van der Waals surface area (Å²) in [5, 5.41) is 9.29. The third-order valence-electron chi connectivity index (χ3n) is 4.14. The number of methoxy groups -OCH3 is 1. The Kier molecular flexibility index (Phi) is 2.59. The molecular weight excluding hydrogens is 192 g/mol. The van der Waals surface area contributed by atoms with E-state index in [1.807, 2.05) is 0 Å². The smallest absolute Gasteiger partial charge is 0.312 e. The number of aliphatic hydroxyl groups excluding tert-OH is 1. The van der Waals surface area contributed by atoms with Crippen molar-refractivity contribution in [2.45, 2.75) is 25.7 Å². The number of hydrogen-bond acceptors (Lipinski definition) is 3. The van der Waals surface area contributed by atoms with Gasteiger partial charge >= 0.3 is 5.97 Å². The maximum absolute atomic E-state index is 11.9. The lowest BCUT2D eigenvalue weighted by atomic mass is 9.78. The van der Waals surface area contributed by atoms with Gasteiger partial charge in [-0.3, -0.25) is 4.79 Å². The molecule has 2 rings (SSSR count). The van der Waals surface area contributed by atoms with Crippen molar-refractivity contribution in [1.29, 1.82) is 0 Å². The molecule has 1 N–H and O–H groups in total. The molecule has 0 amide bonds. The SMILES string of the molecule is C=C1CC2[C@H](CO)CC[C@@]2(C(=O)OC)C1. The molecule has 2 fully saturated rings. The second kappa shape index (κ2) is 3.63. The molecule has 0 bridgehead atoms. The lowest BCUT2D eigenvalue weighted by molar-refractivity contribution is -0.154. The summed E-state index contributed by atoms with van der Waals surface area (Å²) in [4.78, 5) is 11.9. The molecule has 0 spiro atoms. The number of carbonyl (C=O) groups excluding carboxylic acids is 1. The molecule has 2 aliphatic rings. The van der Waals surface area contributed by atoms with Gasteiger partial charge in [0.2, 0.25) is 0 Å². The van der Waals surface area contributed by atoms with Crippen LogP contribution in [0.15, 0.2) is 12.2 Å². The molecule has 0 aromatic rings.